The van der Waals surface area contributed by atoms with Gasteiger partial charge in [0.05, 0.1) is 0 Å². The molecular formula is C25H31ClN2O2. The van der Waals surface area contributed by atoms with Crippen molar-refractivity contribution in [3.8, 4) is 0 Å². The van der Waals surface area contributed by atoms with Gasteiger partial charge in [0.1, 0.15) is 6.04 Å². The second-order valence-electron chi connectivity index (χ2n) is 8.08. The number of hydrogen-bond donors (Lipinski definition) is 1. The number of hydrogen-bond acceptors (Lipinski definition) is 2. The minimum absolute atomic E-state index is 0.0140. The predicted octanol–water partition coefficient (Wildman–Crippen LogP) is 4.79. The third-order valence-corrected chi connectivity index (χ3v) is 6.29. The third-order valence-electron chi connectivity index (χ3n) is 5.92. The molecule has 5 heteroatoms. The molecule has 160 valence electrons. The first-order valence-corrected chi connectivity index (χ1v) is 11.3. The Bertz CT molecular complexity index is 834. The van der Waals surface area contributed by atoms with Crippen LogP contribution in [-0.2, 0) is 22.4 Å². The van der Waals surface area contributed by atoms with Gasteiger partial charge in [-0.3, -0.25) is 9.59 Å². The normalized spacial score (nSPS) is 15.0. The maximum atomic E-state index is 13.1. The average Bonchev–Trinajstić information content (AvgIpc) is 3.27. The van der Waals surface area contributed by atoms with E-state index >= 15 is 0 Å². The quantitative estimate of drug-likeness (QED) is 0.626. The van der Waals surface area contributed by atoms with Gasteiger partial charge in [-0.05, 0) is 49.8 Å². The summed E-state index contributed by atoms with van der Waals surface area (Å²) in [6.07, 6.45) is 6.00. The fourth-order valence-corrected chi connectivity index (χ4v) is 4.28. The van der Waals surface area contributed by atoms with Gasteiger partial charge in [-0.1, -0.05) is 73.0 Å². The van der Waals surface area contributed by atoms with Crippen molar-refractivity contribution in [1.29, 1.82) is 0 Å². The zero-order valence-corrected chi connectivity index (χ0v) is 18.4. The number of carbonyl (C=O) groups excluding carboxylic acids is 2. The molecule has 1 atom stereocenters. The summed E-state index contributed by atoms with van der Waals surface area (Å²) in [4.78, 5) is 27.7. The topological polar surface area (TPSA) is 49.4 Å². The van der Waals surface area contributed by atoms with E-state index in [1.165, 1.54) is 0 Å². The Hall–Kier alpha value is -2.33. The minimum atomic E-state index is -0.493. The van der Waals surface area contributed by atoms with Crippen molar-refractivity contribution in [2.45, 2.75) is 64.0 Å². The second-order valence-corrected chi connectivity index (χ2v) is 8.49. The molecule has 2 aromatic rings. The van der Waals surface area contributed by atoms with Crippen molar-refractivity contribution in [1.82, 2.24) is 10.2 Å². The minimum Gasteiger partial charge on any atom is -0.352 e. The number of halogens is 1. The van der Waals surface area contributed by atoms with E-state index in [0.29, 0.717) is 24.4 Å². The molecule has 4 nitrogen and oxygen atoms in total. The SMILES string of the molecule is CC(C(=O)NC1CCCC1)N(CCc1ccccc1)C(=O)CCc1ccccc1Cl. The summed E-state index contributed by atoms with van der Waals surface area (Å²) < 4.78 is 0. The highest BCUT2D eigenvalue weighted by atomic mass is 35.5. The molecule has 1 N–H and O–H groups in total. The Morgan fingerprint density at radius 3 is 2.40 bits per heavy atom. The van der Waals surface area contributed by atoms with E-state index in [4.69, 9.17) is 11.6 Å². The summed E-state index contributed by atoms with van der Waals surface area (Å²) in [7, 11) is 0. The van der Waals surface area contributed by atoms with Crippen LogP contribution in [0.3, 0.4) is 0 Å². The van der Waals surface area contributed by atoms with E-state index < -0.39 is 6.04 Å². The smallest absolute Gasteiger partial charge is 0.242 e. The molecule has 2 aromatic carbocycles. The Balaban J connectivity index is 1.66. The Morgan fingerprint density at radius 2 is 1.70 bits per heavy atom. The molecule has 1 aliphatic carbocycles. The molecule has 0 radical (unpaired) electrons. The summed E-state index contributed by atoms with van der Waals surface area (Å²) in [6.45, 7) is 2.35. The molecule has 1 aliphatic rings. The number of amides is 2. The van der Waals surface area contributed by atoms with Crippen LogP contribution in [0, 0.1) is 0 Å². The standard InChI is InChI=1S/C25H31ClN2O2/c1-19(25(30)27-22-12-6-7-13-22)28(18-17-20-9-3-2-4-10-20)24(29)16-15-21-11-5-8-14-23(21)26/h2-5,8-11,14,19,22H,6-7,12-13,15-18H2,1H3,(H,27,30). The number of aryl methyl sites for hydroxylation is 1. The highest BCUT2D eigenvalue weighted by Gasteiger charge is 2.28. The number of benzene rings is 2. The first-order valence-electron chi connectivity index (χ1n) is 10.9. The number of carbonyl (C=O) groups is 2. The van der Waals surface area contributed by atoms with E-state index in [-0.39, 0.29) is 17.9 Å². The van der Waals surface area contributed by atoms with Crippen LogP contribution in [0.2, 0.25) is 5.02 Å². The average molecular weight is 427 g/mol. The zero-order valence-electron chi connectivity index (χ0n) is 17.6. The van der Waals surface area contributed by atoms with Gasteiger partial charge in [0, 0.05) is 24.0 Å². The molecule has 1 unspecified atom stereocenters. The van der Waals surface area contributed by atoms with Crippen LogP contribution in [-0.4, -0.2) is 35.3 Å². The van der Waals surface area contributed by atoms with Crippen molar-refractivity contribution in [3.63, 3.8) is 0 Å². The lowest BCUT2D eigenvalue weighted by atomic mass is 10.1. The number of nitrogens with one attached hydrogen (secondary N) is 1. The monoisotopic (exact) mass is 426 g/mol. The van der Waals surface area contributed by atoms with E-state index in [9.17, 15) is 9.59 Å². The summed E-state index contributed by atoms with van der Waals surface area (Å²) in [5.74, 6) is -0.0685. The van der Waals surface area contributed by atoms with Crippen LogP contribution < -0.4 is 5.32 Å². The maximum absolute atomic E-state index is 13.1. The molecule has 0 bridgehead atoms. The van der Waals surface area contributed by atoms with Crippen molar-refractivity contribution in [3.05, 3.63) is 70.7 Å². The van der Waals surface area contributed by atoms with E-state index in [1.807, 2.05) is 49.4 Å². The van der Waals surface area contributed by atoms with Crippen LogP contribution in [0.5, 0.6) is 0 Å². The molecule has 0 heterocycles. The molecule has 1 fully saturated rings. The molecule has 3 rings (SSSR count). The Morgan fingerprint density at radius 1 is 1.03 bits per heavy atom. The van der Waals surface area contributed by atoms with Crippen molar-refractivity contribution < 1.29 is 9.59 Å². The van der Waals surface area contributed by atoms with Crippen LogP contribution in [0.15, 0.2) is 54.6 Å². The molecule has 30 heavy (non-hydrogen) atoms. The molecule has 0 spiro atoms. The fraction of sp³-hybridized carbons (Fsp3) is 0.440. The fourth-order valence-electron chi connectivity index (χ4n) is 4.05. The lowest BCUT2D eigenvalue weighted by Gasteiger charge is -2.30. The second kappa shape index (κ2) is 11.2. The summed E-state index contributed by atoms with van der Waals surface area (Å²) in [6, 6.07) is 17.4. The summed E-state index contributed by atoms with van der Waals surface area (Å²) in [5, 5.41) is 3.82. The molecule has 2 amide bonds. The molecule has 1 saturated carbocycles. The molecule has 0 aliphatic heterocycles. The van der Waals surface area contributed by atoms with Gasteiger partial charge in [-0.25, -0.2) is 0 Å². The molecule has 0 saturated heterocycles. The van der Waals surface area contributed by atoms with Gasteiger partial charge in [-0.2, -0.15) is 0 Å². The van der Waals surface area contributed by atoms with Crippen molar-refractivity contribution in [2.75, 3.05) is 6.54 Å². The van der Waals surface area contributed by atoms with Crippen LogP contribution in [0.1, 0.15) is 50.2 Å². The zero-order chi connectivity index (χ0) is 21.3. The van der Waals surface area contributed by atoms with Gasteiger partial charge in [0.15, 0.2) is 0 Å². The highest BCUT2D eigenvalue weighted by molar-refractivity contribution is 6.31. The van der Waals surface area contributed by atoms with Gasteiger partial charge in [-0.15, -0.1) is 0 Å². The summed E-state index contributed by atoms with van der Waals surface area (Å²) >= 11 is 6.25. The first-order chi connectivity index (χ1) is 14.5. The third kappa shape index (κ3) is 6.33. The van der Waals surface area contributed by atoms with Crippen LogP contribution in [0.25, 0.3) is 0 Å². The Kier molecular flexibility index (Phi) is 8.32. The number of rotatable bonds is 9. The van der Waals surface area contributed by atoms with Gasteiger partial charge >= 0.3 is 0 Å². The lowest BCUT2D eigenvalue weighted by molar-refractivity contribution is -0.140. The highest BCUT2D eigenvalue weighted by Crippen LogP contribution is 2.19. The predicted molar refractivity (Wildman–Crippen MR) is 121 cm³/mol. The first kappa shape index (κ1) is 22.4. The van der Waals surface area contributed by atoms with Gasteiger partial charge < -0.3 is 10.2 Å². The van der Waals surface area contributed by atoms with Crippen LogP contribution in [0.4, 0.5) is 0 Å². The largest absolute Gasteiger partial charge is 0.352 e. The van der Waals surface area contributed by atoms with Crippen molar-refractivity contribution >= 4 is 23.4 Å². The Labute approximate surface area is 184 Å². The van der Waals surface area contributed by atoms with E-state index in [1.54, 1.807) is 4.90 Å². The van der Waals surface area contributed by atoms with Crippen LogP contribution >= 0.6 is 11.6 Å². The maximum Gasteiger partial charge on any atom is 0.242 e. The number of nitrogens with zero attached hydrogens (tertiary/aromatic N) is 1. The van der Waals surface area contributed by atoms with Crippen molar-refractivity contribution in [2.24, 2.45) is 0 Å². The lowest BCUT2D eigenvalue weighted by Crippen LogP contribution is -2.50. The van der Waals surface area contributed by atoms with Gasteiger partial charge in [0.25, 0.3) is 0 Å². The summed E-state index contributed by atoms with van der Waals surface area (Å²) in [5.41, 5.74) is 2.11. The van der Waals surface area contributed by atoms with E-state index in [0.717, 1.165) is 43.2 Å². The molecule has 0 aromatic heterocycles. The van der Waals surface area contributed by atoms with E-state index in [2.05, 4.69) is 17.4 Å². The van der Waals surface area contributed by atoms with Gasteiger partial charge in [0.2, 0.25) is 11.8 Å². The molecular weight excluding hydrogens is 396 g/mol.